The van der Waals surface area contributed by atoms with E-state index in [0.29, 0.717) is 18.5 Å². The van der Waals surface area contributed by atoms with Crippen LogP contribution in [-0.4, -0.2) is 38.8 Å². The van der Waals surface area contributed by atoms with Crippen LogP contribution < -0.4 is 0 Å². The number of aryl methyl sites for hydroxylation is 1. The summed E-state index contributed by atoms with van der Waals surface area (Å²) in [6.07, 6.45) is 5.30. The van der Waals surface area contributed by atoms with E-state index in [4.69, 9.17) is 4.52 Å². The fourth-order valence-electron chi connectivity index (χ4n) is 2.66. The Hall–Kier alpha value is -0.940. The summed E-state index contributed by atoms with van der Waals surface area (Å²) in [5.74, 6) is 1.46. The highest BCUT2D eigenvalue weighted by atomic mass is 16.5. The third-order valence-corrected chi connectivity index (χ3v) is 3.71. The molecule has 5 nitrogen and oxygen atoms in total. The third kappa shape index (κ3) is 3.09. The number of rotatable bonds is 5. The first-order valence-electron chi connectivity index (χ1n) is 6.92. The number of piperidine rings is 1. The molecule has 1 fully saturated rings. The Morgan fingerprint density at radius 1 is 1.44 bits per heavy atom. The molecule has 0 amide bonds. The molecule has 0 aromatic carbocycles. The predicted octanol–water partition coefficient (Wildman–Crippen LogP) is 1.76. The quantitative estimate of drug-likeness (QED) is 0.866. The molecule has 0 radical (unpaired) electrons. The van der Waals surface area contributed by atoms with Crippen LogP contribution in [0, 0.1) is 0 Å². The van der Waals surface area contributed by atoms with E-state index in [1.165, 1.54) is 12.8 Å². The average molecular weight is 253 g/mol. The number of hydrogen-bond donors (Lipinski definition) is 1. The van der Waals surface area contributed by atoms with Crippen molar-refractivity contribution in [1.29, 1.82) is 0 Å². The smallest absolute Gasteiger partial charge is 0.240 e. The Morgan fingerprint density at radius 3 is 3.00 bits per heavy atom. The Labute approximate surface area is 108 Å². The molecule has 1 N–H and O–H groups in total. The molecular weight excluding hydrogens is 230 g/mol. The van der Waals surface area contributed by atoms with Crippen molar-refractivity contribution >= 4 is 0 Å². The Kier molecular flexibility index (Phi) is 4.72. The first-order valence-corrected chi connectivity index (χ1v) is 6.92. The van der Waals surface area contributed by atoms with Crippen LogP contribution >= 0.6 is 0 Å². The summed E-state index contributed by atoms with van der Waals surface area (Å²) in [4.78, 5) is 6.68. The van der Waals surface area contributed by atoms with Crippen molar-refractivity contribution in [3.05, 3.63) is 11.7 Å². The van der Waals surface area contributed by atoms with E-state index in [2.05, 4.69) is 28.9 Å². The lowest BCUT2D eigenvalue weighted by molar-refractivity contribution is 0.0370. The maximum atomic E-state index is 9.44. The molecule has 102 valence electrons. The van der Waals surface area contributed by atoms with Gasteiger partial charge in [0.05, 0.1) is 13.2 Å². The lowest BCUT2D eigenvalue weighted by Crippen LogP contribution is -2.46. The standard InChI is InChI=1S/C13H23N3O2/c1-3-5-12-14-13(18-15-12)8-16-10(2)6-4-7-11(16)9-17/h10-11,17H,3-9H2,1-2H3. The molecule has 2 unspecified atom stereocenters. The third-order valence-electron chi connectivity index (χ3n) is 3.71. The Balaban J connectivity index is 2.00. The minimum atomic E-state index is 0.209. The number of likely N-dealkylation sites (tertiary alicyclic amines) is 1. The Bertz CT molecular complexity index is 367. The lowest BCUT2D eigenvalue weighted by atomic mass is 9.97. The first-order chi connectivity index (χ1) is 8.74. The fraction of sp³-hybridized carbons (Fsp3) is 0.846. The number of aliphatic hydroxyl groups excluding tert-OH is 1. The molecule has 0 saturated carbocycles. The summed E-state index contributed by atoms with van der Waals surface area (Å²) < 4.78 is 5.28. The van der Waals surface area contributed by atoms with E-state index in [9.17, 15) is 5.11 Å². The summed E-state index contributed by atoms with van der Waals surface area (Å²) in [6, 6.07) is 0.702. The molecule has 18 heavy (non-hydrogen) atoms. The molecule has 1 aliphatic rings. The van der Waals surface area contributed by atoms with Gasteiger partial charge in [0.15, 0.2) is 5.82 Å². The van der Waals surface area contributed by atoms with Crippen LogP contribution in [0.15, 0.2) is 4.52 Å². The molecule has 1 aromatic rings. The molecule has 2 heterocycles. The highest BCUT2D eigenvalue weighted by Crippen LogP contribution is 2.24. The number of aliphatic hydroxyl groups is 1. The van der Waals surface area contributed by atoms with Gasteiger partial charge in [-0.1, -0.05) is 18.5 Å². The largest absolute Gasteiger partial charge is 0.395 e. The summed E-state index contributed by atoms with van der Waals surface area (Å²) in [5, 5.41) is 13.4. The van der Waals surface area contributed by atoms with Crippen molar-refractivity contribution in [2.75, 3.05) is 6.61 Å². The first kappa shape index (κ1) is 13.5. The molecule has 0 bridgehead atoms. The van der Waals surface area contributed by atoms with Crippen LogP contribution in [0.3, 0.4) is 0 Å². The zero-order valence-electron chi connectivity index (χ0n) is 11.3. The van der Waals surface area contributed by atoms with E-state index in [1.54, 1.807) is 0 Å². The van der Waals surface area contributed by atoms with Crippen LogP contribution in [0.4, 0.5) is 0 Å². The summed E-state index contributed by atoms with van der Waals surface area (Å²) in [6.45, 7) is 5.17. The van der Waals surface area contributed by atoms with Crippen molar-refractivity contribution in [2.45, 2.75) is 64.6 Å². The number of aromatic nitrogens is 2. The summed E-state index contributed by atoms with van der Waals surface area (Å²) in [5.41, 5.74) is 0. The highest BCUT2D eigenvalue weighted by molar-refractivity contribution is 4.90. The van der Waals surface area contributed by atoms with E-state index >= 15 is 0 Å². The van der Waals surface area contributed by atoms with Crippen LogP contribution in [0.1, 0.15) is 51.2 Å². The SMILES string of the molecule is CCCc1noc(CN2C(C)CCCC2CO)n1. The van der Waals surface area contributed by atoms with Gasteiger partial charge in [-0.3, -0.25) is 4.90 Å². The fourth-order valence-corrected chi connectivity index (χ4v) is 2.66. The maximum Gasteiger partial charge on any atom is 0.240 e. The molecule has 1 aliphatic heterocycles. The molecule has 0 aliphatic carbocycles. The van der Waals surface area contributed by atoms with Crippen LogP contribution in [-0.2, 0) is 13.0 Å². The molecule has 1 aromatic heterocycles. The Morgan fingerprint density at radius 2 is 2.28 bits per heavy atom. The van der Waals surface area contributed by atoms with Gasteiger partial charge in [0, 0.05) is 18.5 Å². The molecule has 0 spiro atoms. The minimum Gasteiger partial charge on any atom is -0.395 e. The van der Waals surface area contributed by atoms with Crippen LogP contribution in [0.25, 0.3) is 0 Å². The van der Waals surface area contributed by atoms with Gasteiger partial charge < -0.3 is 9.63 Å². The molecule has 1 saturated heterocycles. The molecular formula is C13H23N3O2. The van der Waals surface area contributed by atoms with Crippen molar-refractivity contribution < 1.29 is 9.63 Å². The lowest BCUT2D eigenvalue weighted by Gasteiger charge is -2.38. The normalized spacial score (nSPS) is 25.5. The molecule has 2 atom stereocenters. The minimum absolute atomic E-state index is 0.209. The van der Waals surface area contributed by atoms with Crippen LogP contribution in [0.2, 0.25) is 0 Å². The van der Waals surface area contributed by atoms with Gasteiger partial charge in [0.2, 0.25) is 5.89 Å². The van der Waals surface area contributed by atoms with Gasteiger partial charge in [0.25, 0.3) is 0 Å². The van der Waals surface area contributed by atoms with Crippen molar-refractivity contribution in [3.8, 4) is 0 Å². The van der Waals surface area contributed by atoms with Gasteiger partial charge >= 0.3 is 0 Å². The number of hydrogen-bond acceptors (Lipinski definition) is 5. The van der Waals surface area contributed by atoms with Gasteiger partial charge in [-0.05, 0) is 26.2 Å². The van der Waals surface area contributed by atoms with Gasteiger partial charge in [0.1, 0.15) is 0 Å². The van der Waals surface area contributed by atoms with Crippen molar-refractivity contribution in [2.24, 2.45) is 0 Å². The monoisotopic (exact) mass is 253 g/mol. The zero-order valence-corrected chi connectivity index (χ0v) is 11.3. The highest BCUT2D eigenvalue weighted by Gasteiger charge is 2.28. The summed E-state index contributed by atoms with van der Waals surface area (Å²) >= 11 is 0. The molecule has 5 heteroatoms. The van der Waals surface area contributed by atoms with E-state index < -0.39 is 0 Å². The van der Waals surface area contributed by atoms with Crippen molar-refractivity contribution in [1.82, 2.24) is 15.0 Å². The van der Waals surface area contributed by atoms with E-state index in [1.807, 2.05) is 0 Å². The predicted molar refractivity (Wildman–Crippen MR) is 68.0 cm³/mol. The average Bonchev–Trinajstić information content (AvgIpc) is 2.80. The zero-order chi connectivity index (χ0) is 13.0. The van der Waals surface area contributed by atoms with Crippen LogP contribution in [0.5, 0.6) is 0 Å². The van der Waals surface area contributed by atoms with E-state index in [-0.39, 0.29) is 12.6 Å². The second-order valence-electron chi connectivity index (χ2n) is 5.14. The molecule has 2 rings (SSSR count). The van der Waals surface area contributed by atoms with Gasteiger partial charge in [-0.25, -0.2) is 0 Å². The topological polar surface area (TPSA) is 62.4 Å². The van der Waals surface area contributed by atoms with E-state index in [0.717, 1.165) is 25.1 Å². The maximum absolute atomic E-state index is 9.44. The van der Waals surface area contributed by atoms with Gasteiger partial charge in [-0.15, -0.1) is 0 Å². The number of nitrogens with zero attached hydrogens (tertiary/aromatic N) is 3. The van der Waals surface area contributed by atoms with Crippen molar-refractivity contribution in [3.63, 3.8) is 0 Å². The second kappa shape index (κ2) is 6.29. The van der Waals surface area contributed by atoms with Gasteiger partial charge in [-0.2, -0.15) is 4.98 Å². The second-order valence-corrected chi connectivity index (χ2v) is 5.14. The summed E-state index contributed by atoms with van der Waals surface area (Å²) in [7, 11) is 0.